The highest BCUT2D eigenvalue weighted by Crippen LogP contribution is 2.36. The number of hydrogen-bond donors (Lipinski definition) is 0. The van der Waals surface area contributed by atoms with Gasteiger partial charge in [-0.25, -0.2) is 9.59 Å². The molecule has 6 heteroatoms. The summed E-state index contributed by atoms with van der Waals surface area (Å²) in [7, 11) is 2.58. The van der Waals surface area contributed by atoms with Gasteiger partial charge in [0, 0.05) is 0 Å². The predicted octanol–water partition coefficient (Wildman–Crippen LogP) is 12.7. The van der Waals surface area contributed by atoms with Crippen LogP contribution in [0.3, 0.4) is 0 Å². The second kappa shape index (κ2) is 27.1. The molecule has 0 saturated heterocycles. The van der Waals surface area contributed by atoms with Crippen LogP contribution in [0.2, 0.25) is 0 Å². The molecule has 2 atom stereocenters. The Labute approximate surface area is 341 Å². The van der Waals surface area contributed by atoms with Crippen LogP contribution in [0.4, 0.5) is 0 Å². The van der Waals surface area contributed by atoms with Gasteiger partial charge in [0.05, 0.1) is 27.4 Å². The van der Waals surface area contributed by atoms with E-state index in [1.807, 2.05) is 24.3 Å². The van der Waals surface area contributed by atoms with Gasteiger partial charge in [-0.15, -0.1) is 0 Å². The maximum Gasteiger partial charge on any atom is 0.338 e. The van der Waals surface area contributed by atoms with Crippen molar-refractivity contribution in [1.29, 1.82) is 0 Å². The maximum absolute atomic E-state index is 12.9. The Bertz CT molecular complexity index is 1220. The Morgan fingerprint density at radius 2 is 0.750 bits per heavy atom. The number of benzene rings is 2. The molecule has 2 aliphatic rings. The zero-order chi connectivity index (χ0) is 39.8. The fourth-order valence-corrected chi connectivity index (χ4v) is 9.27. The first-order valence-electron chi connectivity index (χ1n) is 23.0. The zero-order valence-corrected chi connectivity index (χ0v) is 35.9. The van der Waals surface area contributed by atoms with Gasteiger partial charge in [0.1, 0.15) is 0 Å². The van der Waals surface area contributed by atoms with E-state index < -0.39 is 24.1 Å². The standard InChI is InChI=1S/C50H78O6/c1-5-7-9-15-39-21-25-41(26-22-39)17-11-13-19-43-29-33-45(34-30-43)37-55-47(49(51)53-3)48(50(52)54-4)56-38-46-35-31-44(32-36-46)20-14-12-18-42-27-23-40(24-28-42)16-10-8-6-2/h29-36,39-42,47-48H,5-28,37-38H2,1-4H3/t39-,40-,41-,42-,47-,48-/m1/s1. The van der Waals surface area contributed by atoms with Crippen LogP contribution < -0.4 is 0 Å². The molecule has 2 aliphatic carbocycles. The molecule has 314 valence electrons. The molecule has 0 aromatic heterocycles. The molecule has 6 nitrogen and oxygen atoms in total. The highest BCUT2D eigenvalue weighted by atomic mass is 16.6. The van der Waals surface area contributed by atoms with Crippen molar-refractivity contribution in [2.75, 3.05) is 14.2 Å². The molecule has 2 saturated carbocycles. The summed E-state index contributed by atoms with van der Waals surface area (Å²) >= 11 is 0. The molecule has 0 bridgehead atoms. The van der Waals surface area contributed by atoms with Crippen LogP contribution in [0.15, 0.2) is 48.5 Å². The van der Waals surface area contributed by atoms with Crippen molar-refractivity contribution in [3.63, 3.8) is 0 Å². The van der Waals surface area contributed by atoms with Crippen LogP contribution in [-0.2, 0) is 54.6 Å². The molecule has 2 aromatic rings. The molecule has 4 rings (SSSR count). The minimum atomic E-state index is -1.26. The van der Waals surface area contributed by atoms with E-state index in [1.165, 1.54) is 167 Å². The normalized spacial score (nSPS) is 21.0. The van der Waals surface area contributed by atoms with E-state index in [0.717, 1.165) is 47.6 Å². The Balaban J connectivity index is 1.15. The third kappa shape index (κ3) is 17.0. The van der Waals surface area contributed by atoms with E-state index in [0.29, 0.717) is 0 Å². The number of rotatable bonds is 27. The van der Waals surface area contributed by atoms with E-state index >= 15 is 0 Å². The van der Waals surface area contributed by atoms with Gasteiger partial charge in [0.2, 0.25) is 0 Å². The number of carbonyl (C=O) groups excluding carboxylic acids is 2. The van der Waals surface area contributed by atoms with Crippen LogP contribution >= 0.6 is 0 Å². The van der Waals surface area contributed by atoms with Crippen LogP contribution in [0, 0.1) is 23.7 Å². The van der Waals surface area contributed by atoms with Crippen molar-refractivity contribution in [2.24, 2.45) is 23.7 Å². The average Bonchev–Trinajstić information content (AvgIpc) is 3.24. The Kier molecular flexibility index (Phi) is 22.2. The molecule has 0 aliphatic heterocycles. The van der Waals surface area contributed by atoms with Crippen molar-refractivity contribution in [1.82, 2.24) is 0 Å². The van der Waals surface area contributed by atoms with Crippen LogP contribution in [0.5, 0.6) is 0 Å². The lowest BCUT2D eigenvalue weighted by Crippen LogP contribution is -2.44. The molecule has 0 unspecified atom stereocenters. The van der Waals surface area contributed by atoms with E-state index in [4.69, 9.17) is 18.9 Å². The maximum atomic E-state index is 12.9. The van der Waals surface area contributed by atoms with E-state index in [9.17, 15) is 9.59 Å². The highest BCUT2D eigenvalue weighted by molar-refractivity contribution is 5.85. The summed E-state index contributed by atoms with van der Waals surface area (Å²) in [6.07, 6.45) is 29.9. The molecule has 0 spiro atoms. The van der Waals surface area contributed by atoms with Crippen molar-refractivity contribution in [2.45, 2.75) is 193 Å². The first kappa shape index (κ1) is 46.0. The number of esters is 2. The molecule has 0 amide bonds. The second-order valence-electron chi connectivity index (χ2n) is 17.4. The fraction of sp³-hybridized carbons (Fsp3) is 0.720. The smallest absolute Gasteiger partial charge is 0.338 e. The minimum Gasteiger partial charge on any atom is -0.467 e. The third-order valence-corrected chi connectivity index (χ3v) is 13.1. The molecule has 2 aromatic carbocycles. The summed E-state index contributed by atoms with van der Waals surface area (Å²) in [4.78, 5) is 25.8. The number of carbonyl (C=O) groups is 2. The lowest BCUT2D eigenvalue weighted by Gasteiger charge is -2.28. The van der Waals surface area contributed by atoms with Gasteiger partial charge in [-0.1, -0.05) is 191 Å². The predicted molar refractivity (Wildman–Crippen MR) is 228 cm³/mol. The Morgan fingerprint density at radius 1 is 0.464 bits per heavy atom. The van der Waals surface area contributed by atoms with Gasteiger partial charge >= 0.3 is 11.9 Å². The third-order valence-electron chi connectivity index (χ3n) is 13.1. The number of unbranched alkanes of at least 4 members (excludes halogenated alkanes) is 6. The summed E-state index contributed by atoms with van der Waals surface area (Å²) in [5.74, 6) is 2.46. The SMILES string of the molecule is CCCCC[C@H]1CC[C@H](CCCCc2ccc(CO[C@@H](C(=O)OC)[C@@H](OCc3ccc(CCCC[C@H]4CC[C@H](CCCCC)CC4)cc3)C(=O)OC)cc2)CC1. The average molecular weight is 775 g/mol. The lowest BCUT2D eigenvalue weighted by molar-refractivity contribution is -0.182. The van der Waals surface area contributed by atoms with E-state index in [2.05, 4.69) is 38.1 Å². The molecule has 2 fully saturated rings. The van der Waals surface area contributed by atoms with Crippen molar-refractivity contribution in [3.05, 3.63) is 70.8 Å². The highest BCUT2D eigenvalue weighted by Gasteiger charge is 2.38. The monoisotopic (exact) mass is 775 g/mol. The van der Waals surface area contributed by atoms with Crippen LogP contribution in [0.1, 0.15) is 177 Å². The summed E-state index contributed by atoms with van der Waals surface area (Å²) < 4.78 is 22.2. The van der Waals surface area contributed by atoms with Crippen molar-refractivity contribution < 1.29 is 28.5 Å². The van der Waals surface area contributed by atoms with Gasteiger partial charge in [-0.3, -0.25) is 0 Å². The fourth-order valence-electron chi connectivity index (χ4n) is 9.27. The molecular formula is C50H78O6. The summed E-state index contributed by atoms with van der Waals surface area (Å²) in [6, 6.07) is 16.7. The lowest BCUT2D eigenvalue weighted by atomic mass is 9.78. The van der Waals surface area contributed by atoms with Gasteiger partial charge in [-0.05, 0) is 71.6 Å². The Morgan fingerprint density at radius 3 is 1.04 bits per heavy atom. The number of aryl methyl sites for hydroxylation is 2. The molecule has 0 radical (unpaired) electrons. The molecule has 0 N–H and O–H groups in total. The van der Waals surface area contributed by atoms with E-state index in [1.54, 1.807) is 0 Å². The Hall–Kier alpha value is -2.70. The summed E-state index contributed by atoms with van der Waals surface area (Å²) in [5.41, 5.74) is 4.46. The quantitative estimate of drug-likeness (QED) is 0.0665. The van der Waals surface area contributed by atoms with Crippen molar-refractivity contribution in [3.8, 4) is 0 Å². The van der Waals surface area contributed by atoms with Gasteiger partial charge in [0.25, 0.3) is 0 Å². The van der Waals surface area contributed by atoms with Crippen LogP contribution in [0.25, 0.3) is 0 Å². The molecule has 56 heavy (non-hydrogen) atoms. The molecular weight excluding hydrogens is 697 g/mol. The van der Waals surface area contributed by atoms with Gasteiger partial charge in [0.15, 0.2) is 12.2 Å². The minimum absolute atomic E-state index is 0.146. The number of ether oxygens (including phenoxy) is 4. The largest absolute Gasteiger partial charge is 0.467 e. The van der Waals surface area contributed by atoms with Gasteiger partial charge in [-0.2, -0.15) is 0 Å². The van der Waals surface area contributed by atoms with E-state index in [-0.39, 0.29) is 13.2 Å². The topological polar surface area (TPSA) is 71.1 Å². The van der Waals surface area contributed by atoms with Gasteiger partial charge < -0.3 is 18.9 Å². The number of hydrogen-bond acceptors (Lipinski definition) is 6. The van der Waals surface area contributed by atoms with Crippen molar-refractivity contribution >= 4 is 11.9 Å². The zero-order valence-electron chi connectivity index (χ0n) is 35.9. The summed E-state index contributed by atoms with van der Waals surface area (Å²) in [5, 5.41) is 0. The first-order valence-corrected chi connectivity index (χ1v) is 23.0. The summed E-state index contributed by atoms with van der Waals surface area (Å²) in [6.45, 7) is 4.88. The molecule has 0 heterocycles. The van der Waals surface area contributed by atoms with Crippen LogP contribution in [-0.4, -0.2) is 38.4 Å². The number of methoxy groups -OCH3 is 2. The first-order chi connectivity index (χ1) is 27.4. The second-order valence-corrected chi connectivity index (χ2v) is 17.4.